The number of halogens is 1. The third kappa shape index (κ3) is 2.61. The molecule has 2 N–H and O–H groups in total. The summed E-state index contributed by atoms with van der Waals surface area (Å²) in [6.45, 7) is 1.23. The van der Waals surface area contributed by atoms with Gasteiger partial charge in [0.15, 0.2) is 0 Å². The third-order valence-electron chi connectivity index (χ3n) is 3.44. The van der Waals surface area contributed by atoms with Gasteiger partial charge in [0.05, 0.1) is 22.3 Å². The summed E-state index contributed by atoms with van der Waals surface area (Å²) in [6, 6.07) is 12.9. The number of nitrogen functional groups attached to an aromatic ring is 1. The second kappa shape index (κ2) is 5.77. The number of carbonyl (C=O) groups excluding carboxylic acids is 1. The van der Waals surface area contributed by atoms with Crippen LogP contribution in [0, 0.1) is 0 Å². The van der Waals surface area contributed by atoms with Crippen LogP contribution in [0.3, 0.4) is 0 Å². The minimum atomic E-state index is -0.0767. The lowest BCUT2D eigenvalue weighted by atomic mass is 10.1. The van der Waals surface area contributed by atoms with Crippen molar-refractivity contribution in [1.29, 1.82) is 0 Å². The lowest BCUT2D eigenvalue weighted by molar-refractivity contribution is 0.0986. The Morgan fingerprint density at radius 1 is 1.19 bits per heavy atom. The highest BCUT2D eigenvalue weighted by Gasteiger charge is 2.24. The van der Waals surface area contributed by atoms with E-state index in [1.807, 2.05) is 24.3 Å². The number of hydrogen-bond acceptors (Lipinski definition) is 3. The molecule has 0 unspecified atom stereocenters. The van der Waals surface area contributed by atoms with E-state index in [2.05, 4.69) is 15.9 Å². The largest absolute Gasteiger partial charge is 0.491 e. The number of rotatable bonds is 1. The fourth-order valence-corrected chi connectivity index (χ4v) is 2.83. The number of hydrogen-bond donors (Lipinski definition) is 1. The van der Waals surface area contributed by atoms with Crippen molar-refractivity contribution in [3.63, 3.8) is 0 Å². The molecule has 3 rings (SSSR count). The molecule has 2 aromatic rings. The number of nitrogens with two attached hydrogens (primary N) is 1. The molecule has 0 spiro atoms. The molecular formula is C16H15BrN2O2. The van der Waals surface area contributed by atoms with Gasteiger partial charge in [-0.3, -0.25) is 4.79 Å². The van der Waals surface area contributed by atoms with Gasteiger partial charge in [0, 0.05) is 12.2 Å². The van der Waals surface area contributed by atoms with Gasteiger partial charge in [0.25, 0.3) is 5.91 Å². The van der Waals surface area contributed by atoms with E-state index in [0.29, 0.717) is 28.9 Å². The molecule has 0 aliphatic carbocycles. The second-order valence-electron chi connectivity index (χ2n) is 4.84. The Hall–Kier alpha value is -2.01. The van der Waals surface area contributed by atoms with E-state index in [0.717, 1.165) is 17.9 Å². The Bertz CT molecular complexity index is 688. The first-order chi connectivity index (χ1) is 10.2. The molecule has 0 radical (unpaired) electrons. The molecule has 0 saturated heterocycles. The van der Waals surface area contributed by atoms with Crippen molar-refractivity contribution in [1.82, 2.24) is 0 Å². The molecule has 108 valence electrons. The number of fused-ring (bicyclic) bond motifs is 1. The average molecular weight is 347 g/mol. The first kappa shape index (κ1) is 13.9. The van der Waals surface area contributed by atoms with Crippen molar-refractivity contribution in [2.24, 2.45) is 0 Å². The highest BCUT2D eigenvalue weighted by molar-refractivity contribution is 9.10. The van der Waals surface area contributed by atoms with Crippen LogP contribution in [0.25, 0.3) is 0 Å². The topological polar surface area (TPSA) is 55.6 Å². The van der Waals surface area contributed by atoms with Gasteiger partial charge >= 0.3 is 0 Å². The van der Waals surface area contributed by atoms with Crippen LogP contribution in [0.4, 0.5) is 11.4 Å². The number of anilines is 2. The van der Waals surface area contributed by atoms with Crippen molar-refractivity contribution in [2.75, 3.05) is 23.8 Å². The molecule has 0 saturated carbocycles. The van der Waals surface area contributed by atoms with Crippen LogP contribution in [0.15, 0.2) is 46.9 Å². The quantitative estimate of drug-likeness (QED) is 0.804. The predicted molar refractivity (Wildman–Crippen MR) is 86.8 cm³/mol. The van der Waals surface area contributed by atoms with Gasteiger partial charge < -0.3 is 15.4 Å². The van der Waals surface area contributed by atoms with Gasteiger partial charge in [-0.05, 0) is 46.6 Å². The van der Waals surface area contributed by atoms with Crippen molar-refractivity contribution in [3.8, 4) is 5.75 Å². The minimum absolute atomic E-state index is 0.0767. The van der Waals surface area contributed by atoms with Crippen LogP contribution in [0.1, 0.15) is 16.8 Å². The first-order valence-corrected chi connectivity index (χ1v) is 7.55. The van der Waals surface area contributed by atoms with E-state index in [1.54, 1.807) is 23.1 Å². The summed E-state index contributed by atoms with van der Waals surface area (Å²) in [5.74, 6) is 0.663. The normalized spacial score (nSPS) is 14.0. The van der Waals surface area contributed by atoms with Crippen molar-refractivity contribution in [2.45, 2.75) is 6.42 Å². The molecule has 1 aliphatic rings. The number of amides is 1. The molecular weight excluding hydrogens is 332 g/mol. The van der Waals surface area contributed by atoms with E-state index in [-0.39, 0.29) is 5.91 Å². The molecule has 0 bridgehead atoms. The fraction of sp³-hybridized carbons (Fsp3) is 0.188. The summed E-state index contributed by atoms with van der Waals surface area (Å²) in [7, 11) is 0. The average Bonchev–Trinajstić information content (AvgIpc) is 2.72. The van der Waals surface area contributed by atoms with Crippen LogP contribution in [0.2, 0.25) is 0 Å². The molecule has 5 heteroatoms. The number of para-hydroxylation sites is 2. The van der Waals surface area contributed by atoms with Crippen LogP contribution in [-0.4, -0.2) is 19.1 Å². The van der Waals surface area contributed by atoms with Gasteiger partial charge in [0.2, 0.25) is 0 Å². The van der Waals surface area contributed by atoms with Crippen molar-refractivity contribution < 1.29 is 9.53 Å². The molecule has 1 aliphatic heterocycles. The Kier molecular flexibility index (Phi) is 3.84. The summed E-state index contributed by atoms with van der Waals surface area (Å²) < 4.78 is 6.33. The van der Waals surface area contributed by atoms with Crippen molar-refractivity contribution in [3.05, 3.63) is 52.5 Å². The number of ether oxygens (including phenoxy) is 1. The first-order valence-electron chi connectivity index (χ1n) is 6.76. The molecule has 4 nitrogen and oxygen atoms in total. The van der Waals surface area contributed by atoms with Gasteiger partial charge in [-0.1, -0.05) is 18.2 Å². The van der Waals surface area contributed by atoms with E-state index in [4.69, 9.17) is 10.5 Å². The number of carbonyl (C=O) groups is 1. The molecule has 0 atom stereocenters. The van der Waals surface area contributed by atoms with Crippen LogP contribution in [0.5, 0.6) is 5.75 Å². The summed E-state index contributed by atoms with van der Waals surface area (Å²) >= 11 is 3.40. The second-order valence-corrected chi connectivity index (χ2v) is 5.63. The Morgan fingerprint density at radius 2 is 2.00 bits per heavy atom. The lowest BCUT2D eigenvalue weighted by Crippen LogP contribution is -2.31. The summed E-state index contributed by atoms with van der Waals surface area (Å²) in [4.78, 5) is 14.6. The van der Waals surface area contributed by atoms with Crippen molar-refractivity contribution >= 4 is 33.2 Å². The van der Waals surface area contributed by atoms with E-state index in [1.165, 1.54) is 0 Å². The van der Waals surface area contributed by atoms with Crippen LogP contribution < -0.4 is 15.4 Å². The molecule has 21 heavy (non-hydrogen) atoms. The lowest BCUT2D eigenvalue weighted by Gasteiger charge is -2.22. The highest BCUT2D eigenvalue weighted by atomic mass is 79.9. The molecule has 2 aromatic carbocycles. The molecule has 1 amide bonds. The zero-order valence-corrected chi connectivity index (χ0v) is 13.0. The predicted octanol–water partition coefficient (Wildman–Crippen LogP) is 3.46. The molecule has 0 aromatic heterocycles. The van der Waals surface area contributed by atoms with E-state index >= 15 is 0 Å². The summed E-state index contributed by atoms with van der Waals surface area (Å²) in [5.41, 5.74) is 7.79. The van der Waals surface area contributed by atoms with Gasteiger partial charge in [-0.25, -0.2) is 0 Å². The zero-order chi connectivity index (χ0) is 14.8. The fourth-order valence-electron chi connectivity index (χ4n) is 2.40. The maximum Gasteiger partial charge on any atom is 0.259 e. The molecule has 1 heterocycles. The smallest absolute Gasteiger partial charge is 0.259 e. The van der Waals surface area contributed by atoms with Crippen LogP contribution in [-0.2, 0) is 0 Å². The SMILES string of the molecule is Nc1cccc(C(=O)N2CCCOc3ccccc32)c1Br. The maximum atomic E-state index is 12.9. The summed E-state index contributed by atoms with van der Waals surface area (Å²) in [6.07, 6.45) is 0.792. The third-order valence-corrected chi connectivity index (χ3v) is 4.33. The zero-order valence-electron chi connectivity index (χ0n) is 11.4. The van der Waals surface area contributed by atoms with Gasteiger partial charge in [-0.15, -0.1) is 0 Å². The molecule has 0 fully saturated rings. The standard InChI is InChI=1S/C16H15BrN2O2/c17-15-11(5-3-6-12(15)18)16(20)19-9-4-10-21-14-8-2-1-7-13(14)19/h1-3,5-8H,4,9-10,18H2. The highest BCUT2D eigenvalue weighted by Crippen LogP contribution is 2.33. The van der Waals surface area contributed by atoms with E-state index < -0.39 is 0 Å². The summed E-state index contributed by atoms with van der Waals surface area (Å²) in [5, 5.41) is 0. The van der Waals surface area contributed by atoms with Gasteiger partial charge in [0.1, 0.15) is 5.75 Å². The number of benzene rings is 2. The Labute approximate surface area is 131 Å². The Morgan fingerprint density at radius 3 is 2.86 bits per heavy atom. The van der Waals surface area contributed by atoms with Crippen LogP contribution >= 0.6 is 15.9 Å². The maximum absolute atomic E-state index is 12.9. The Balaban J connectivity index is 2.03. The van der Waals surface area contributed by atoms with E-state index in [9.17, 15) is 4.79 Å². The minimum Gasteiger partial charge on any atom is -0.491 e. The monoisotopic (exact) mass is 346 g/mol. The number of nitrogens with zero attached hydrogens (tertiary/aromatic N) is 1. The van der Waals surface area contributed by atoms with Gasteiger partial charge in [-0.2, -0.15) is 0 Å².